The van der Waals surface area contributed by atoms with Crippen LogP contribution in [0.4, 0.5) is 0 Å². The summed E-state index contributed by atoms with van der Waals surface area (Å²) in [5.74, 6) is 0. The molecule has 0 aliphatic rings. The molecule has 0 bridgehead atoms. The van der Waals surface area contributed by atoms with Crippen LogP contribution in [-0.2, 0) is 0 Å². The standard InChI is InChI=1S/3C2H6N.C2H3.Sn/c3*1-3-2;1-2;/h3*1-2H3;1H,2H2;/q3*-1;;+3. The second-order valence-corrected chi connectivity index (χ2v) is 16.3. The molecule has 0 aromatic carbocycles. The van der Waals surface area contributed by atoms with Crippen LogP contribution >= 0.6 is 0 Å². The summed E-state index contributed by atoms with van der Waals surface area (Å²) in [7, 11) is 12.8. The molecule has 0 radical (unpaired) electrons. The van der Waals surface area contributed by atoms with Crippen LogP contribution in [0.2, 0.25) is 0 Å². The van der Waals surface area contributed by atoms with E-state index in [-0.39, 0.29) is 0 Å². The van der Waals surface area contributed by atoms with E-state index < -0.39 is 19.2 Å². The fourth-order valence-electron chi connectivity index (χ4n) is 1.75. The SMILES string of the molecule is C=[CH][Sn]([N](C)C)([N](C)C)[N](C)C. The first-order valence-corrected chi connectivity index (χ1v) is 9.53. The molecule has 0 spiro atoms. The maximum absolute atomic E-state index is 3.97. The molecule has 0 aromatic heterocycles. The third-order valence-corrected chi connectivity index (χ3v) is 15.1. The first-order valence-electron chi connectivity index (χ1n) is 4.05. The van der Waals surface area contributed by atoms with Gasteiger partial charge in [-0.2, -0.15) is 0 Å². The van der Waals surface area contributed by atoms with E-state index >= 15 is 0 Å². The van der Waals surface area contributed by atoms with E-state index in [1.807, 2.05) is 0 Å². The minimum atomic E-state index is -2.53. The fraction of sp³-hybridized carbons (Fsp3) is 0.750. The van der Waals surface area contributed by atoms with Gasteiger partial charge in [0, 0.05) is 0 Å². The van der Waals surface area contributed by atoms with Crippen molar-refractivity contribution >= 4 is 19.2 Å². The van der Waals surface area contributed by atoms with Gasteiger partial charge >= 0.3 is 81.5 Å². The van der Waals surface area contributed by atoms with Crippen LogP contribution in [0.3, 0.4) is 0 Å². The van der Waals surface area contributed by atoms with E-state index in [0.29, 0.717) is 0 Å². The summed E-state index contributed by atoms with van der Waals surface area (Å²) in [6, 6.07) is 0. The molecule has 0 saturated heterocycles. The summed E-state index contributed by atoms with van der Waals surface area (Å²) in [6.45, 7) is 3.97. The van der Waals surface area contributed by atoms with Crippen molar-refractivity contribution in [3.05, 3.63) is 10.7 Å². The molecule has 0 N–H and O–H groups in total. The summed E-state index contributed by atoms with van der Waals surface area (Å²) < 4.78 is 9.15. The molecule has 0 aliphatic heterocycles. The fourth-order valence-corrected chi connectivity index (χ4v) is 11.7. The molecule has 0 rings (SSSR count). The van der Waals surface area contributed by atoms with Gasteiger partial charge in [0.2, 0.25) is 0 Å². The monoisotopic (exact) mass is 279 g/mol. The summed E-state index contributed by atoms with van der Waals surface area (Å²) in [5, 5.41) is 0. The molecular weight excluding hydrogens is 257 g/mol. The maximum atomic E-state index is 3.97. The molecule has 72 valence electrons. The average Bonchev–Trinajstić information content (AvgIpc) is 1.86. The van der Waals surface area contributed by atoms with Gasteiger partial charge in [0.05, 0.1) is 0 Å². The first-order chi connectivity index (χ1) is 5.39. The average molecular weight is 278 g/mol. The summed E-state index contributed by atoms with van der Waals surface area (Å²) in [6.07, 6.45) is 0. The molecule has 4 heteroatoms. The van der Waals surface area contributed by atoms with Crippen molar-refractivity contribution in [1.29, 1.82) is 0 Å². The Labute approximate surface area is 81.6 Å². The summed E-state index contributed by atoms with van der Waals surface area (Å²) in [4.78, 5) is 0. The third-order valence-electron chi connectivity index (χ3n) is 2.25. The Balaban J connectivity index is 4.89. The van der Waals surface area contributed by atoms with Crippen LogP contribution in [0.5, 0.6) is 0 Å². The van der Waals surface area contributed by atoms with Crippen molar-refractivity contribution in [2.24, 2.45) is 0 Å². The molecule has 0 amide bonds. The van der Waals surface area contributed by atoms with Gasteiger partial charge in [-0.25, -0.2) is 0 Å². The Morgan fingerprint density at radius 1 is 0.833 bits per heavy atom. The molecule has 0 atom stereocenters. The third kappa shape index (κ3) is 2.01. The Morgan fingerprint density at radius 3 is 1.08 bits per heavy atom. The molecule has 0 heterocycles. The van der Waals surface area contributed by atoms with E-state index in [2.05, 4.69) is 62.3 Å². The molecule has 0 fully saturated rings. The topological polar surface area (TPSA) is 9.72 Å². The van der Waals surface area contributed by atoms with E-state index in [9.17, 15) is 0 Å². The predicted molar refractivity (Wildman–Crippen MR) is 57.0 cm³/mol. The predicted octanol–water partition coefficient (Wildman–Crippen LogP) is 0.335. The normalized spacial score (nSPS) is 13.1. The molecule has 0 aliphatic carbocycles. The zero-order valence-corrected chi connectivity index (χ0v) is 12.0. The van der Waals surface area contributed by atoms with Crippen molar-refractivity contribution in [2.75, 3.05) is 42.3 Å². The molecule has 0 aromatic rings. The Morgan fingerprint density at radius 2 is 1.08 bits per heavy atom. The minimum absolute atomic E-state index is 2.14. The van der Waals surface area contributed by atoms with E-state index in [0.717, 1.165) is 0 Å². The van der Waals surface area contributed by atoms with Crippen LogP contribution in [0.25, 0.3) is 0 Å². The van der Waals surface area contributed by atoms with Gasteiger partial charge in [0.25, 0.3) is 0 Å². The summed E-state index contributed by atoms with van der Waals surface area (Å²) >= 11 is -2.53. The van der Waals surface area contributed by atoms with Gasteiger partial charge < -0.3 is 0 Å². The van der Waals surface area contributed by atoms with Gasteiger partial charge in [-0.1, -0.05) is 0 Å². The van der Waals surface area contributed by atoms with Gasteiger partial charge in [-0.3, -0.25) is 0 Å². The molecule has 0 unspecified atom stereocenters. The number of nitrogens with zero attached hydrogens (tertiary/aromatic N) is 3. The zero-order valence-electron chi connectivity index (χ0n) is 9.13. The van der Waals surface area contributed by atoms with Crippen LogP contribution in [0.15, 0.2) is 10.7 Å². The quantitative estimate of drug-likeness (QED) is 0.686. The van der Waals surface area contributed by atoms with Crippen molar-refractivity contribution in [3.8, 4) is 0 Å². The molecule has 12 heavy (non-hydrogen) atoms. The van der Waals surface area contributed by atoms with E-state index in [1.165, 1.54) is 0 Å². The van der Waals surface area contributed by atoms with Crippen molar-refractivity contribution in [1.82, 2.24) is 9.36 Å². The van der Waals surface area contributed by atoms with Gasteiger partial charge in [0.1, 0.15) is 0 Å². The number of rotatable bonds is 4. The molecular formula is C8H21N3Sn. The van der Waals surface area contributed by atoms with Gasteiger partial charge in [-0.05, 0) is 0 Å². The number of hydrogen-bond acceptors (Lipinski definition) is 3. The van der Waals surface area contributed by atoms with Gasteiger partial charge in [-0.15, -0.1) is 0 Å². The Hall–Kier alpha value is 0.419. The van der Waals surface area contributed by atoms with Crippen molar-refractivity contribution in [2.45, 2.75) is 0 Å². The molecule has 0 saturated carbocycles. The van der Waals surface area contributed by atoms with E-state index in [4.69, 9.17) is 0 Å². The second kappa shape index (κ2) is 4.60. The Bertz CT molecular complexity index is 133. The van der Waals surface area contributed by atoms with Crippen LogP contribution < -0.4 is 0 Å². The van der Waals surface area contributed by atoms with Crippen molar-refractivity contribution < 1.29 is 0 Å². The van der Waals surface area contributed by atoms with Crippen LogP contribution in [-0.4, -0.2) is 70.8 Å². The first kappa shape index (κ1) is 12.4. The zero-order chi connectivity index (χ0) is 9.94. The van der Waals surface area contributed by atoms with Crippen molar-refractivity contribution in [3.63, 3.8) is 0 Å². The van der Waals surface area contributed by atoms with E-state index in [1.54, 1.807) is 0 Å². The van der Waals surface area contributed by atoms with Gasteiger partial charge in [0.15, 0.2) is 0 Å². The number of hydrogen-bond donors (Lipinski definition) is 0. The van der Waals surface area contributed by atoms with Crippen LogP contribution in [0.1, 0.15) is 0 Å². The summed E-state index contributed by atoms with van der Waals surface area (Å²) in [5.41, 5.74) is 0. The Kier molecular flexibility index (Phi) is 4.76. The molecule has 3 nitrogen and oxygen atoms in total. The second-order valence-electron chi connectivity index (χ2n) is 3.57. The van der Waals surface area contributed by atoms with Crippen LogP contribution in [0, 0.1) is 0 Å².